The first-order valence-electron chi connectivity index (χ1n) is 9.74. The predicted octanol–water partition coefficient (Wildman–Crippen LogP) is 3.08. The normalized spacial score (nSPS) is 17.6. The summed E-state index contributed by atoms with van der Waals surface area (Å²) in [5.74, 6) is 0.819. The van der Waals surface area contributed by atoms with Crippen LogP contribution < -0.4 is 10.1 Å². The molecule has 2 heterocycles. The van der Waals surface area contributed by atoms with Crippen molar-refractivity contribution in [3.8, 4) is 5.88 Å². The number of hydrogen-bond acceptors (Lipinski definition) is 6. The maximum Gasteiger partial charge on any atom is 0.254 e. The Morgan fingerprint density at radius 3 is 2.69 bits per heavy atom. The second kappa shape index (κ2) is 8.31. The molecular formula is C21H28FN5O2. The fourth-order valence-corrected chi connectivity index (χ4v) is 3.55. The van der Waals surface area contributed by atoms with E-state index in [4.69, 9.17) is 4.74 Å². The summed E-state index contributed by atoms with van der Waals surface area (Å²) in [6, 6.07) is 0. The van der Waals surface area contributed by atoms with Gasteiger partial charge in [-0.25, -0.2) is 19.4 Å². The fourth-order valence-electron chi connectivity index (χ4n) is 3.55. The Labute approximate surface area is 170 Å². The first-order chi connectivity index (χ1) is 13.8. The lowest BCUT2D eigenvalue weighted by Gasteiger charge is -2.30. The number of halogens is 1. The molecule has 156 valence electrons. The van der Waals surface area contributed by atoms with E-state index in [1.54, 1.807) is 4.90 Å². The van der Waals surface area contributed by atoms with Crippen LogP contribution in [0.3, 0.4) is 0 Å². The molecule has 29 heavy (non-hydrogen) atoms. The average molecular weight is 401 g/mol. The molecule has 3 rings (SSSR count). The number of hydrogen-bond donors (Lipinski definition) is 1. The quantitative estimate of drug-likeness (QED) is 0.431. The summed E-state index contributed by atoms with van der Waals surface area (Å²) in [6.45, 7) is 11.4. The van der Waals surface area contributed by atoms with Gasteiger partial charge in [0.25, 0.3) is 5.91 Å². The Hall–Kier alpha value is -2.77. The summed E-state index contributed by atoms with van der Waals surface area (Å²) in [7, 11) is 0. The van der Waals surface area contributed by atoms with Crippen LogP contribution in [-0.2, 0) is 17.8 Å². The number of ether oxygens (including phenoxy) is 1. The molecule has 1 aromatic rings. The minimum Gasteiger partial charge on any atom is -0.446 e. The van der Waals surface area contributed by atoms with Gasteiger partial charge >= 0.3 is 0 Å². The number of rotatable bonds is 7. The van der Waals surface area contributed by atoms with E-state index in [1.807, 2.05) is 20.8 Å². The average Bonchev–Trinajstić information content (AvgIpc) is 3.43. The number of nitrogens with one attached hydrogen (secondary N) is 1. The monoisotopic (exact) mass is 401 g/mol. The lowest BCUT2D eigenvalue weighted by molar-refractivity contribution is -0.127. The van der Waals surface area contributed by atoms with E-state index in [0.717, 1.165) is 29.6 Å². The van der Waals surface area contributed by atoms with Crippen molar-refractivity contribution in [2.24, 2.45) is 4.99 Å². The number of alkyl halides is 1. The number of carbonyl (C=O) groups is 1. The molecule has 0 atom stereocenters. The molecule has 1 fully saturated rings. The minimum atomic E-state index is -0.943. The molecule has 0 spiro atoms. The maximum atomic E-state index is 13.4. The van der Waals surface area contributed by atoms with E-state index in [9.17, 15) is 9.18 Å². The smallest absolute Gasteiger partial charge is 0.254 e. The van der Waals surface area contributed by atoms with Crippen molar-refractivity contribution >= 4 is 12.6 Å². The topological polar surface area (TPSA) is 79.7 Å². The van der Waals surface area contributed by atoms with Crippen molar-refractivity contribution in [1.82, 2.24) is 20.2 Å². The van der Waals surface area contributed by atoms with Crippen LogP contribution in [0.4, 0.5) is 4.39 Å². The van der Waals surface area contributed by atoms with Crippen LogP contribution >= 0.6 is 0 Å². The van der Waals surface area contributed by atoms with Gasteiger partial charge in [0.05, 0.1) is 12.2 Å². The van der Waals surface area contributed by atoms with Crippen LogP contribution in [0, 0.1) is 0 Å². The first-order valence-corrected chi connectivity index (χ1v) is 9.74. The summed E-state index contributed by atoms with van der Waals surface area (Å²) in [5.41, 5.74) is 3.79. The zero-order chi connectivity index (χ0) is 21.2. The molecule has 1 N–H and O–H groups in total. The standard InChI is InChI=1S/C21H28FN5O2/c1-13(2)17(14(3)18(23-5)26-21(4)7-8-21)20(28)27-9-6-15-16(10-27)24-12-25-19(15)29-11-22/h12,26H,5-11H2,1-4H3/b18-14-. The third kappa shape index (κ3) is 4.46. The highest BCUT2D eigenvalue weighted by molar-refractivity contribution is 5.98. The van der Waals surface area contributed by atoms with Gasteiger partial charge in [-0.1, -0.05) is 5.57 Å². The SMILES string of the molecule is C=N/C(NC1(C)CC1)=C(\C)C(C(=O)N1CCc2c(ncnc2OCF)C1)=C(C)C. The van der Waals surface area contributed by atoms with Crippen LogP contribution in [0.25, 0.3) is 0 Å². The second-order valence-electron chi connectivity index (χ2n) is 8.03. The zero-order valence-corrected chi connectivity index (χ0v) is 17.5. The van der Waals surface area contributed by atoms with Crippen molar-refractivity contribution in [2.45, 2.75) is 59.0 Å². The Kier molecular flexibility index (Phi) is 6.00. The molecule has 0 unspecified atom stereocenters. The lowest BCUT2D eigenvalue weighted by Crippen LogP contribution is -2.38. The lowest BCUT2D eigenvalue weighted by atomic mass is 9.98. The molecule has 0 bridgehead atoms. The Bertz CT molecular complexity index is 885. The molecule has 1 aromatic heterocycles. The number of aliphatic imine (C=N–C) groups is 1. The minimum absolute atomic E-state index is 0.0292. The van der Waals surface area contributed by atoms with Crippen LogP contribution in [0.1, 0.15) is 51.8 Å². The van der Waals surface area contributed by atoms with Gasteiger partial charge in [-0.05, 0) is 53.7 Å². The van der Waals surface area contributed by atoms with E-state index in [1.165, 1.54) is 6.33 Å². The number of carbonyl (C=O) groups excluding carboxylic acids is 1. The highest BCUT2D eigenvalue weighted by atomic mass is 19.1. The van der Waals surface area contributed by atoms with Gasteiger partial charge in [0.2, 0.25) is 12.7 Å². The van der Waals surface area contributed by atoms with Gasteiger partial charge in [-0.15, -0.1) is 0 Å². The van der Waals surface area contributed by atoms with Gasteiger partial charge in [-0.3, -0.25) is 4.79 Å². The number of nitrogens with zero attached hydrogens (tertiary/aromatic N) is 4. The maximum absolute atomic E-state index is 13.4. The fraction of sp³-hybridized carbons (Fsp3) is 0.524. The molecule has 1 aliphatic carbocycles. The van der Waals surface area contributed by atoms with Crippen molar-refractivity contribution < 1.29 is 13.9 Å². The Morgan fingerprint density at radius 2 is 2.10 bits per heavy atom. The van der Waals surface area contributed by atoms with Crippen LogP contribution in [0.2, 0.25) is 0 Å². The van der Waals surface area contributed by atoms with E-state index < -0.39 is 6.86 Å². The highest BCUT2D eigenvalue weighted by Gasteiger charge is 2.38. The van der Waals surface area contributed by atoms with Gasteiger partial charge < -0.3 is 15.0 Å². The van der Waals surface area contributed by atoms with E-state index in [-0.39, 0.29) is 17.3 Å². The molecule has 1 saturated carbocycles. The van der Waals surface area contributed by atoms with Crippen molar-refractivity contribution in [3.63, 3.8) is 0 Å². The van der Waals surface area contributed by atoms with E-state index >= 15 is 0 Å². The van der Waals surface area contributed by atoms with Crippen LogP contribution in [0.5, 0.6) is 5.88 Å². The van der Waals surface area contributed by atoms with Crippen molar-refractivity contribution in [3.05, 3.63) is 40.1 Å². The molecule has 0 aromatic carbocycles. The van der Waals surface area contributed by atoms with Crippen LogP contribution in [-0.4, -0.2) is 46.4 Å². The van der Waals surface area contributed by atoms with Gasteiger partial charge in [0.1, 0.15) is 12.1 Å². The van der Waals surface area contributed by atoms with Gasteiger partial charge in [0.15, 0.2) is 0 Å². The molecule has 0 saturated heterocycles. The number of aromatic nitrogens is 2. The number of amides is 1. The van der Waals surface area contributed by atoms with Gasteiger partial charge in [0, 0.05) is 28.8 Å². The largest absolute Gasteiger partial charge is 0.446 e. The molecular weight excluding hydrogens is 373 g/mol. The number of fused-ring (bicyclic) bond motifs is 1. The summed E-state index contributed by atoms with van der Waals surface area (Å²) in [4.78, 5) is 27.6. The Balaban J connectivity index is 1.86. The van der Waals surface area contributed by atoms with E-state index in [0.29, 0.717) is 36.6 Å². The summed E-state index contributed by atoms with van der Waals surface area (Å²) < 4.78 is 17.5. The summed E-state index contributed by atoms with van der Waals surface area (Å²) in [5, 5.41) is 3.42. The molecule has 8 heteroatoms. The van der Waals surface area contributed by atoms with E-state index in [2.05, 4.69) is 33.9 Å². The molecule has 7 nitrogen and oxygen atoms in total. The third-order valence-electron chi connectivity index (χ3n) is 5.47. The first kappa shape index (κ1) is 21.0. The highest BCUT2D eigenvalue weighted by Crippen LogP contribution is 2.36. The van der Waals surface area contributed by atoms with Gasteiger partial charge in [-0.2, -0.15) is 0 Å². The Morgan fingerprint density at radius 1 is 1.38 bits per heavy atom. The van der Waals surface area contributed by atoms with Crippen molar-refractivity contribution in [1.29, 1.82) is 0 Å². The third-order valence-corrected chi connectivity index (χ3v) is 5.47. The van der Waals surface area contributed by atoms with Crippen molar-refractivity contribution in [2.75, 3.05) is 13.4 Å². The second-order valence-corrected chi connectivity index (χ2v) is 8.03. The zero-order valence-electron chi connectivity index (χ0n) is 17.5. The molecule has 2 aliphatic rings. The van der Waals surface area contributed by atoms with Crippen LogP contribution in [0.15, 0.2) is 33.9 Å². The molecule has 1 amide bonds. The summed E-state index contributed by atoms with van der Waals surface area (Å²) >= 11 is 0. The predicted molar refractivity (Wildman–Crippen MR) is 109 cm³/mol. The molecule has 1 aliphatic heterocycles. The number of allylic oxidation sites excluding steroid dienone is 1. The molecule has 0 radical (unpaired) electrons. The summed E-state index contributed by atoms with van der Waals surface area (Å²) in [6.07, 6.45) is 4.00.